The van der Waals surface area contributed by atoms with Crippen LogP contribution in [-0.4, -0.2) is 38.2 Å². The van der Waals surface area contributed by atoms with E-state index in [1.807, 2.05) is 36.2 Å². The molecule has 16 heavy (non-hydrogen) atoms. The molecule has 0 aliphatic rings. The molecule has 0 aliphatic heterocycles. The Morgan fingerprint density at radius 3 is 2.50 bits per heavy atom. The van der Waals surface area contributed by atoms with E-state index in [4.69, 9.17) is 15.7 Å². The average Bonchev–Trinajstić information content (AvgIpc) is 2.35. The van der Waals surface area contributed by atoms with Crippen molar-refractivity contribution in [3.63, 3.8) is 0 Å². The molecule has 0 aliphatic carbocycles. The Balaban J connectivity index is 2.69. The second kappa shape index (κ2) is 5.97. The van der Waals surface area contributed by atoms with Gasteiger partial charge in [0.1, 0.15) is 5.75 Å². The van der Waals surface area contributed by atoms with Crippen LogP contribution in [0, 0.1) is 0 Å². The molecule has 0 saturated heterocycles. The highest BCUT2D eigenvalue weighted by Gasteiger charge is 2.05. The zero-order chi connectivity index (χ0) is 12.0. The van der Waals surface area contributed by atoms with Crippen LogP contribution in [0.3, 0.4) is 0 Å². The number of nitrogens with zero attached hydrogens (tertiary/aromatic N) is 2. The molecule has 0 bridgehead atoms. The highest BCUT2D eigenvalue weighted by molar-refractivity contribution is 5.89. The molecule has 0 fully saturated rings. The van der Waals surface area contributed by atoms with E-state index < -0.39 is 0 Å². The average molecular weight is 223 g/mol. The van der Waals surface area contributed by atoms with Crippen molar-refractivity contribution in [3.8, 4) is 5.75 Å². The van der Waals surface area contributed by atoms with E-state index in [0.29, 0.717) is 12.3 Å². The molecule has 0 heterocycles. The smallest absolute Gasteiger partial charge is 0.119 e. The van der Waals surface area contributed by atoms with Crippen molar-refractivity contribution in [2.24, 2.45) is 10.9 Å². The summed E-state index contributed by atoms with van der Waals surface area (Å²) in [6.45, 7) is 0.746. The third-order valence-electron chi connectivity index (χ3n) is 2.31. The van der Waals surface area contributed by atoms with E-state index in [1.165, 1.54) is 0 Å². The molecule has 1 aromatic rings. The maximum Gasteiger partial charge on any atom is 0.119 e. The first-order chi connectivity index (χ1) is 7.71. The summed E-state index contributed by atoms with van der Waals surface area (Å²) in [4.78, 5) is 1.95. The minimum absolute atomic E-state index is 0.247. The lowest BCUT2D eigenvalue weighted by Crippen LogP contribution is -2.30. The van der Waals surface area contributed by atoms with Crippen molar-refractivity contribution >= 4 is 11.4 Å². The van der Waals surface area contributed by atoms with Gasteiger partial charge in [0.15, 0.2) is 0 Å². The van der Waals surface area contributed by atoms with Crippen LogP contribution < -0.4 is 15.4 Å². The molecule has 0 amide bonds. The van der Waals surface area contributed by atoms with E-state index in [-0.39, 0.29) is 6.54 Å². The quantitative estimate of drug-likeness (QED) is 0.442. The van der Waals surface area contributed by atoms with Gasteiger partial charge in [-0.2, -0.15) is 0 Å². The van der Waals surface area contributed by atoms with E-state index in [2.05, 4.69) is 5.16 Å². The van der Waals surface area contributed by atoms with Crippen LogP contribution in [0.2, 0.25) is 0 Å². The standard InChI is InChI=1S/C11H17N3O2/c1-14(8-9(7-12)13-15)10-3-5-11(16-2)6-4-10/h3-6,15H,7-8,12H2,1-2H3. The van der Waals surface area contributed by atoms with Crippen molar-refractivity contribution in [2.75, 3.05) is 32.1 Å². The Morgan fingerprint density at radius 2 is 2.06 bits per heavy atom. The van der Waals surface area contributed by atoms with Gasteiger partial charge >= 0.3 is 0 Å². The van der Waals surface area contributed by atoms with Gasteiger partial charge in [0.25, 0.3) is 0 Å². The van der Waals surface area contributed by atoms with E-state index in [1.54, 1.807) is 7.11 Å². The van der Waals surface area contributed by atoms with Gasteiger partial charge in [0, 0.05) is 19.3 Å². The molecule has 0 aromatic heterocycles. The molecule has 0 unspecified atom stereocenters. The van der Waals surface area contributed by atoms with Gasteiger partial charge in [-0.25, -0.2) is 0 Å². The molecule has 0 atom stereocenters. The minimum atomic E-state index is 0.247. The summed E-state index contributed by atoms with van der Waals surface area (Å²) in [5, 5.41) is 11.8. The summed E-state index contributed by atoms with van der Waals surface area (Å²) < 4.78 is 5.07. The largest absolute Gasteiger partial charge is 0.497 e. The van der Waals surface area contributed by atoms with Crippen LogP contribution in [0.15, 0.2) is 29.4 Å². The van der Waals surface area contributed by atoms with Crippen molar-refractivity contribution < 1.29 is 9.94 Å². The van der Waals surface area contributed by atoms with Gasteiger partial charge in [0.2, 0.25) is 0 Å². The van der Waals surface area contributed by atoms with Crippen LogP contribution in [-0.2, 0) is 0 Å². The van der Waals surface area contributed by atoms with Crippen LogP contribution in [0.5, 0.6) is 5.75 Å². The number of oxime groups is 1. The highest BCUT2D eigenvalue weighted by atomic mass is 16.5. The number of rotatable bonds is 5. The lowest BCUT2D eigenvalue weighted by atomic mass is 10.2. The Kier molecular flexibility index (Phi) is 4.60. The number of benzene rings is 1. The molecule has 0 saturated carbocycles. The lowest BCUT2D eigenvalue weighted by molar-refractivity contribution is 0.317. The molecule has 5 nitrogen and oxygen atoms in total. The van der Waals surface area contributed by atoms with Crippen LogP contribution in [0.1, 0.15) is 0 Å². The Bertz CT molecular complexity index is 349. The summed E-state index contributed by atoms with van der Waals surface area (Å²) in [6, 6.07) is 7.63. The fourth-order valence-electron chi connectivity index (χ4n) is 1.34. The number of ether oxygens (including phenoxy) is 1. The summed E-state index contributed by atoms with van der Waals surface area (Å²) in [5.41, 5.74) is 6.97. The first-order valence-electron chi connectivity index (χ1n) is 4.96. The number of hydrogen-bond donors (Lipinski definition) is 2. The van der Waals surface area contributed by atoms with Gasteiger partial charge in [-0.3, -0.25) is 0 Å². The van der Waals surface area contributed by atoms with Gasteiger partial charge in [-0.1, -0.05) is 5.16 Å². The maximum absolute atomic E-state index is 8.67. The first-order valence-corrected chi connectivity index (χ1v) is 4.96. The Morgan fingerprint density at radius 1 is 1.44 bits per heavy atom. The number of hydrogen-bond acceptors (Lipinski definition) is 5. The summed E-state index contributed by atoms with van der Waals surface area (Å²) in [5.74, 6) is 0.812. The number of nitrogens with two attached hydrogens (primary N) is 1. The molecular weight excluding hydrogens is 206 g/mol. The van der Waals surface area contributed by atoms with Crippen LogP contribution in [0.25, 0.3) is 0 Å². The number of methoxy groups -OCH3 is 1. The number of anilines is 1. The van der Waals surface area contributed by atoms with Crippen molar-refractivity contribution in [1.82, 2.24) is 0 Å². The monoisotopic (exact) mass is 223 g/mol. The predicted octanol–water partition coefficient (Wildman–Crippen LogP) is 0.920. The molecule has 5 heteroatoms. The molecule has 1 aromatic carbocycles. The normalized spacial score (nSPS) is 11.3. The van der Waals surface area contributed by atoms with Crippen LogP contribution in [0.4, 0.5) is 5.69 Å². The van der Waals surface area contributed by atoms with Crippen molar-refractivity contribution in [1.29, 1.82) is 0 Å². The fourth-order valence-corrected chi connectivity index (χ4v) is 1.34. The summed E-state index contributed by atoms with van der Waals surface area (Å²) in [7, 11) is 3.53. The highest BCUT2D eigenvalue weighted by Crippen LogP contribution is 2.17. The molecule has 3 N–H and O–H groups in total. The van der Waals surface area contributed by atoms with Gasteiger partial charge < -0.3 is 20.6 Å². The lowest BCUT2D eigenvalue weighted by Gasteiger charge is -2.19. The van der Waals surface area contributed by atoms with Gasteiger partial charge in [-0.15, -0.1) is 0 Å². The minimum Gasteiger partial charge on any atom is -0.497 e. The molecule has 0 radical (unpaired) electrons. The van der Waals surface area contributed by atoms with E-state index in [9.17, 15) is 0 Å². The van der Waals surface area contributed by atoms with E-state index in [0.717, 1.165) is 11.4 Å². The Hall–Kier alpha value is -1.75. The van der Waals surface area contributed by atoms with Crippen molar-refractivity contribution in [2.45, 2.75) is 0 Å². The molecule has 88 valence electrons. The Labute approximate surface area is 95.1 Å². The van der Waals surface area contributed by atoms with Gasteiger partial charge in [-0.05, 0) is 24.3 Å². The van der Waals surface area contributed by atoms with Crippen molar-refractivity contribution in [3.05, 3.63) is 24.3 Å². The summed E-state index contributed by atoms with van der Waals surface area (Å²) in [6.07, 6.45) is 0. The predicted molar refractivity (Wildman–Crippen MR) is 64.5 cm³/mol. The maximum atomic E-state index is 8.67. The third kappa shape index (κ3) is 3.13. The zero-order valence-electron chi connectivity index (χ0n) is 9.55. The fraction of sp³-hybridized carbons (Fsp3) is 0.364. The van der Waals surface area contributed by atoms with E-state index >= 15 is 0 Å². The second-order valence-electron chi connectivity index (χ2n) is 3.42. The molecular formula is C11H17N3O2. The topological polar surface area (TPSA) is 71.1 Å². The van der Waals surface area contributed by atoms with Crippen LogP contribution >= 0.6 is 0 Å². The SMILES string of the molecule is COc1ccc(N(C)CC(CN)=NO)cc1. The third-order valence-corrected chi connectivity index (χ3v) is 2.31. The second-order valence-corrected chi connectivity index (χ2v) is 3.42. The van der Waals surface area contributed by atoms with Gasteiger partial charge in [0.05, 0.1) is 19.4 Å². The molecule has 0 spiro atoms. The molecule has 1 rings (SSSR count). The zero-order valence-corrected chi connectivity index (χ0v) is 9.55. The first kappa shape index (κ1) is 12.3. The summed E-state index contributed by atoms with van der Waals surface area (Å²) >= 11 is 0.